The molecule has 0 spiro atoms. The third kappa shape index (κ3) is 15.5. The number of rotatable bonds is 24. The number of aromatic nitrogens is 2. The summed E-state index contributed by atoms with van der Waals surface area (Å²) >= 11 is 0. The van der Waals surface area contributed by atoms with E-state index < -0.39 is 0 Å². The largest absolute Gasteiger partial charge is 0.466 e. The molecule has 0 radical (unpaired) electrons. The number of hydrogen-bond acceptors (Lipinski definition) is 4. The highest BCUT2D eigenvalue weighted by atomic mass is 16.5. The van der Waals surface area contributed by atoms with Gasteiger partial charge in [0.05, 0.1) is 36.5 Å². The molecule has 0 bridgehead atoms. The number of fused-ring (bicyclic) bond motifs is 1. The lowest BCUT2D eigenvalue weighted by atomic mass is 10.0. The highest BCUT2D eigenvalue weighted by Gasteiger charge is 2.06. The molecule has 2 rings (SSSR count). The lowest BCUT2D eigenvalue weighted by molar-refractivity contribution is -0.144. The molecule has 0 saturated heterocycles. The summed E-state index contributed by atoms with van der Waals surface area (Å²) < 4.78 is 7.43. The Balaban J connectivity index is 1.26. The highest BCUT2D eigenvalue weighted by Crippen LogP contribution is 2.15. The molecule has 2 aromatic rings. The van der Waals surface area contributed by atoms with Crippen molar-refractivity contribution in [2.45, 2.75) is 141 Å². The van der Waals surface area contributed by atoms with Gasteiger partial charge in [-0.2, -0.15) is 5.26 Å². The van der Waals surface area contributed by atoms with Crippen LogP contribution in [0.3, 0.4) is 0 Å². The van der Waals surface area contributed by atoms with Gasteiger partial charge in [0.15, 0.2) is 0 Å². The molecule has 0 saturated carbocycles. The first kappa shape index (κ1) is 30.9. The second kappa shape index (κ2) is 21.7. The fraction of sp³-hybridized carbons (Fsp3) is 0.719. The fourth-order valence-corrected chi connectivity index (χ4v) is 4.97. The molecule has 5 nitrogen and oxygen atoms in total. The van der Waals surface area contributed by atoms with Crippen molar-refractivity contribution in [1.29, 1.82) is 5.26 Å². The van der Waals surface area contributed by atoms with Crippen LogP contribution in [0.25, 0.3) is 11.0 Å². The van der Waals surface area contributed by atoms with Crippen LogP contribution in [0.1, 0.15) is 135 Å². The monoisotopic (exact) mass is 509 g/mol. The molecule has 0 amide bonds. The molecule has 0 aliphatic rings. The number of ether oxygens (including phenoxy) is 1. The molecule has 206 valence electrons. The van der Waals surface area contributed by atoms with Crippen molar-refractivity contribution in [2.75, 3.05) is 6.61 Å². The Bertz CT molecular complexity index is 870. The van der Waals surface area contributed by atoms with E-state index >= 15 is 0 Å². The summed E-state index contributed by atoms with van der Waals surface area (Å²) in [5, 5.41) is 8.52. The Morgan fingerprint density at radius 3 is 1.76 bits per heavy atom. The first-order valence-corrected chi connectivity index (χ1v) is 15.2. The number of nitrogens with zero attached hydrogens (tertiary/aromatic N) is 3. The van der Waals surface area contributed by atoms with E-state index in [1.54, 1.807) is 6.33 Å². The van der Waals surface area contributed by atoms with E-state index in [4.69, 9.17) is 10.00 Å². The van der Waals surface area contributed by atoms with E-state index in [2.05, 4.69) is 11.1 Å². The number of nitriles is 1. The second-order valence-corrected chi connectivity index (χ2v) is 10.5. The lowest BCUT2D eigenvalue weighted by Crippen LogP contribution is -2.09. The normalized spacial score (nSPS) is 11.1. The van der Waals surface area contributed by atoms with Gasteiger partial charge in [-0.1, -0.05) is 121 Å². The van der Waals surface area contributed by atoms with E-state index in [1.807, 2.05) is 28.8 Å². The zero-order chi connectivity index (χ0) is 26.2. The average Bonchev–Trinajstić information content (AvgIpc) is 3.33. The molecule has 0 unspecified atom stereocenters. The van der Waals surface area contributed by atoms with Gasteiger partial charge >= 0.3 is 5.97 Å². The number of benzene rings is 1. The summed E-state index contributed by atoms with van der Waals surface area (Å²) in [4.78, 5) is 16.4. The predicted octanol–water partition coefficient (Wildman–Crippen LogP) is 9.30. The van der Waals surface area contributed by atoms with Gasteiger partial charge in [0.2, 0.25) is 0 Å². The third-order valence-corrected chi connectivity index (χ3v) is 7.28. The summed E-state index contributed by atoms with van der Waals surface area (Å²) in [7, 11) is 0. The second-order valence-electron chi connectivity index (χ2n) is 10.5. The summed E-state index contributed by atoms with van der Waals surface area (Å²) in [6.45, 7) is 1.17. The van der Waals surface area contributed by atoms with Crippen LogP contribution in [0.15, 0.2) is 30.6 Å². The molecule has 1 heterocycles. The number of carbonyl (C=O) groups excluding carboxylic acids is 1. The van der Waals surface area contributed by atoms with Crippen molar-refractivity contribution in [3.05, 3.63) is 30.6 Å². The maximum atomic E-state index is 12.0. The van der Waals surface area contributed by atoms with E-state index in [9.17, 15) is 4.79 Å². The van der Waals surface area contributed by atoms with Crippen LogP contribution in [-0.4, -0.2) is 22.1 Å². The molecule has 5 heteroatoms. The number of aryl methyl sites for hydroxylation is 1. The molecule has 0 N–H and O–H groups in total. The number of para-hydroxylation sites is 2. The summed E-state index contributed by atoms with van der Waals surface area (Å²) in [5.41, 5.74) is 2.03. The maximum Gasteiger partial charge on any atom is 0.307 e. The Morgan fingerprint density at radius 1 is 0.730 bits per heavy atom. The van der Waals surface area contributed by atoms with Gasteiger partial charge < -0.3 is 9.30 Å². The first-order valence-electron chi connectivity index (χ1n) is 15.2. The minimum Gasteiger partial charge on any atom is -0.466 e. The van der Waals surface area contributed by atoms with E-state index in [1.165, 1.54) is 103 Å². The molecule has 0 atom stereocenters. The molecular formula is C32H51N3O2. The minimum atomic E-state index is -0.114. The molecule has 0 fully saturated rings. The summed E-state index contributed by atoms with van der Waals surface area (Å²) in [6, 6.07) is 10.2. The molecule has 1 aromatic heterocycles. The number of carbonyl (C=O) groups is 1. The van der Waals surface area contributed by atoms with Crippen LogP contribution in [0.2, 0.25) is 0 Å². The van der Waals surface area contributed by atoms with E-state index in [-0.39, 0.29) is 5.97 Å². The number of imidazole rings is 1. The first-order chi connectivity index (χ1) is 18.3. The average molecular weight is 510 g/mol. The van der Waals surface area contributed by atoms with Gasteiger partial charge in [0.25, 0.3) is 0 Å². The predicted molar refractivity (Wildman–Crippen MR) is 153 cm³/mol. The Morgan fingerprint density at radius 2 is 1.22 bits per heavy atom. The molecule has 37 heavy (non-hydrogen) atoms. The SMILES string of the molecule is N#CCCCCCCCCCCCCCCCCCCCCCOC(=O)CCn1cnc2ccccc21. The standard InChI is InChI=1S/C32H51N3O2/c33-26-21-17-15-13-11-9-7-5-3-1-2-4-6-8-10-12-14-16-18-22-28-37-32(36)25-27-35-29-34-30-23-19-20-24-31(30)35/h19-20,23-24,29H,1-18,21-22,25,27-28H2. The van der Waals surface area contributed by atoms with Crippen molar-refractivity contribution in [2.24, 2.45) is 0 Å². The van der Waals surface area contributed by atoms with Crippen molar-refractivity contribution < 1.29 is 9.53 Å². The van der Waals surface area contributed by atoms with Crippen molar-refractivity contribution in [3.63, 3.8) is 0 Å². The van der Waals surface area contributed by atoms with Crippen LogP contribution in [0.4, 0.5) is 0 Å². The minimum absolute atomic E-state index is 0.114. The van der Waals surface area contributed by atoms with Gasteiger partial charge in [-0.3, -0.25) is 4.79 Å². The van der Waals surface area contributed by atoms with Gasteiger partial charge in [0, 0.05) is 13.0 Å². The topological polar surface area (TPSA) is 67.9 Å². The lowest BCUT2D eigenvalue weighted by Gasteiger charge is -2.06. The quantitative estimate of drug-likeness (QED) is 0.104. The highest BCUT2D eigenvalue weighted by molar-refractivity contribution is 5.75. The van der Waals surface area contributed by atoms with Gasteiger partial charge in [0.1, 0.15) is 0 Å². The van der Waals surface area contributed by atoms with Gasteiger partial charge in [-0.15, -0.1) is 0 Å². The van der Waals surface area contributed by atoms with Crippen LogP contribution >= 0.6 is 0 Å². The molecular weight excluding hydrogens is 458 g/mol. The summed E-state index contributed by atoms with van der Waals surface area (Å²) in [5.74, 6) is -0.114. The van der Waals surface area contributed by atoms with E-state index in [0.717, 1.165) is 36.7 Å². The van der Waals surface area contributed by atoms with Crippen molar-refractivity contribution in [3.8, 4) is 6.07 Å². The van der Waals surface area contributed by atoms with E-state index in [0.29, 0.717) is 19.6 Å². The van der Waals surface area contributed by atoms with Crippen molar-refractivity contribution in [1.82, 2.24) is 9.55 Å². The number of unbranched alkanes of at least 4 members (excludes halogenated alkanes) is 19. The molecule has 0 aliphatic carbocycles. The fourth-order valence-electron chi connectivity index (χ4n) is 4.97. The Kier molecular flexibility index (Phi) is 18.1. The summed E-state index contributed by atoms with van der Waals surface area (Å²) in [6.07, 6.45) is 27.9. The molecule has 0 aliphatic heterocycles. The number of hydrogen-bond donors (Lipinski definition) is 0. The number of esters is 1. The van der Waals surface area contributed by atoms with Gasteiger partial charge in [-0.25, -0.2) is 4.98 Å². The van der Waals surface area contributed by atoms with Crippen LogP contribution < -0.4 is 0 Å². The molecule has 1 aromatic carbocycles. The van der Waals surface area contributed by atoms with Gasteiger partial charge in [-0.05, 0) is 25.0 Å². The van der Waals surface area contributed by atoms with Crippen LogP contribution in [-0.2, 0) is 16.1 Å². The smallest absolute Gasteiger partial charge is 0.307 e. The Labute approximate surface area is 226 Å². The zero-order valence-electron chi connectivity index (χ0n) is 23.3. The van der Waals surface area contributed by atoms with Crippen LogP contribution in [0, 0.1) is 11.3 Å². The van der Waals surface area contributed by atoms with Crippen molar-refractivity contribution >= 4 is 17.0 Å². The van der Waals surface area contributed by atoms with Crippen LogP contribution in [0.5, 0.6) is 0 Å². The third-order valence-electron chi connectivity index (χ3n) is 7.28. The maximum absolute atomic E-state index is 12.0. The Hall–Kier alpha value is -2.35. The zero-order valence-corrected chi connectivity index (χ0v) is 23.3.